The Labute approximate surface area is 198 Å². The number of hydrogen-bond donors (Lipinski definition) is 0. The molecule has 0 N–H and O–H groups in total. The molecular weight excluding hydrogens is 436 g/mol. The number of amides is 1. The van der Waals surface area contributed by atoms with Gasteiger partial charge in [0.1, 0.15) is 12.6 Å². The summed E-state index contributed by atoms with van der Waals surface area (Å²) in [5.41, 5.74) is 2.09. The average Bonchev–Trinajstić information content (AvgIpc) is 3.15. The van der Waals surface area contributed by atoms with Gasteiger partial charge in [-0.25, -0.2) is 5.06 Å². The van der Waals surface area contributed by atoms with Gasteiger partial charge in [-0.15, -0.1) is 0 Å². The minimum atomic E-state index is -1.44. The second-order valence-corrected chi connectivity index (χ2v) is 8.82. The van der Waals surface area contributed by atoms with Crippen molar-refractivity contribution in [1.29, 1.82) is 0 Å². The highest BCUT2D eigenvalue weighted by atomic mass is 16.7. The van der Waals surface area contributed by atoms with E-state index in [4.69, 9.17) is 14.3 Å². The summed E-state index contributed by atoms with van der Waals surface area (Å²) >= 11 is 0. The van der Waals surface area contributed by atoms with Gasteiger partial charge < -0.3 is 14.0 Å². The van der Waals surface area contributed by atoms with E-state index in [0.717, 1.165) is 27.1 Å². The van der Waals surface area contributed by atoms with Crippen LogP contribution in [0.3, 0.4) is 0 Å². The molecule has 34 heavy (non-hydrogen) atoms. The Balaban J connectivity index is 1.96. The van der Waals surface area contributed by atoms with Crippen molar-refractivity contribution in [2.75, 3.05) is 14.2 Å². The van der Waals surface area contributed by atoms with Gasteiger partial charge in [0.15, 0.2) is 5.92 Å². The molecule has 0 aliphatic carbocycles. The molecule has 1 atom stereocenters. The van der Waals surface area contributed by atoms with Crippen molar-refractivity contribution in [3.63, 3.8) is 0 Å². The van der Waals surface area contributed by atoms with Crippen molar-refractivity contribution in [2.45, 2.75) is 31.9 Å². The van der Waals surface area contributed by atoms with Crippen molar-refractivity contribution >= 4 is 28.7 Å². The molecule has 1 aliphatic heterocycles. The Bertz CT molecular complexity index is 1230. The van der Waals surface area contributed by atoms with Crippen LogP contribution in [-0.2, 0) is 47.8 Å². The van der Waals surface area contributed by atoms with Gasteiger partial charge in [-0.1, -0.05) is 48.5 Å². The van der Waals surface area contributed by atoms with Crippen molar-refractivity contribution in [2.24, 2.45) is 13.0 Å². The first kappa shape index (κ1) is 23.5. The van der Waals surface area contributed by atoms with Gasteiger partial charge in [-0.2, -0.15) is 0 Å². The molecule has 1 aromatic heterocycles. The van der Waals surface area contributed by atoms with Crippen LogP contribution < -0.4 is 0 Å². The quantitative estimate of drug-likeness (QED) is 0.410. The fraction of sp³-hybridized carbons (Fsp3) is 0.346. The molecule has 178 valence electrons. The molecule has 0 saturated heterocycles. The number of fused-ring (bicyclic) bond motifs is 3. The number of benzene rings is 2. The van der Waals surface area contributed by atoms with Gasteiger partial charge in [0, 0.05) is 23.6 Å². The molecule has 0 fully saturated rings. The fourth-order valence-corrected chi connectivity index (χ4v) is 4.79. The molecule has 0 saturated carbocycles. The summed E-state index contributed by atoms with van der Waals surface area (Å²) in [5.74, 6) is -3.43. The normalized spacial score (nSPS) is 17.1. The van der Waals surface area contributed by atoms with E-state index < -0.39 is 29.3 Å². The molecule has 0 bridgehead atoms. The number of hydrogen-bond acceptors (Lipinski definition) is 6. The van der Waals surface area contributed by atoms with Gasteiger partial charge in [-0.3, -0.25) is 19.2 Å². The summed E-state index contributed by atoms with van der Waals surface area (Å²) in [6, 6.07) is 15.9. The first-order valence-corrected chi connectivity index (χ1v) is 11.0. The number of carbonyl (C=O) groups is 3. The number of ether oxygens (including phenoxy) is 2. The maximum atomic E-state index is 13.9. The van der Waals surface area contributed by atoms with E-state index in [-0.39, 0.29) is 12.5 Å². The van der Waals surface area contributed by atoms with Crippen LogP contribution in [0.1, 0.15) is 36.7 Å². The third-order valence-corrected chi connectivity index (χ3v) is 6.48. The lowest BCUT2D eigenvalue weighted by molar-refractivity contribution is -0.226. The van der Waals surface area contributed by atoms with Crippen LogP contribution in [0.15, 0.2) is 54.6 Å². The lowest BCUT2D eigenvalue weighted by Crippen LogP contribution is -2.54. The van der Waals surface area contributed by atoms with Crippen LogP contribution in [0.4, 0.5) is 0 Å². The fourth-order valence-electron chi connectivity index (χ4n) is 4.79. The number of methoxy groups -OCH3 is 2. The number of hydroxylamine groups is 2. The third kappa shape index (κ3) is 3.64. The average molecular weight is 465 g/mol. The Morgan fingerprint density at radius 1 is 0.971 bits per heavy atom. The second-order valence-electron chi connectivity index (χ2n) is 8.82. The summed E-state index contributed by atoms with van der Waals surface area (Å²) in [4.78, 5) is 45.8. The SMILES string of the molecule is COC(=O)C(C(=O)OC)C1c2c(c3ccccc3n2C)C(C)(C)C(=O)N1OCc1ccccc1. The van der Waals surface area contributed by atoms with Gasteiger partial charge in [0.2, 0.25) is 0 Å². The standard InChI is InChI=1S/C26H28N2O6/c1-26(2)20-17-13-9-10-14-18(17)27(3)22(20)21(19(23(29)32-4)24(30)33-5)28(25(26)31)34-15-16-11-7-6-8-12-16/h6-14,19,21H,15H2,1-5H3. The maximum absolute atomic E-state index is 13.9. The highest BCUT2D eigenvalue weighted by Gasteiger charge is 2.55. The summed E-state index contributed by atoms with van der Waals surface area (Å²) in [7, 11) is 4.25. The van der Waals surface area contributed by atoms with Crippen molar-refractivity contribution in [3.05, 3.63) is 71.4 Å². The monoisotopic (exact) mass is 464 g/mol. The lowest BCUT2D eigenvalue weighted by Gasteiger charge is -2.43. The Hall–Kier alpha value is -3.65. The van der Waals surface area contributed by atoms with Crippen LogP contribution in [-0.4, -0.2) is 41.7 Å². The summed E-state index contributed by atoms with van der Waals surface area (Å²) in [6.07, 6.45) is 0. The molecule has 1 amide bonds. The van der Waals surface area contributed by atoms with Crippen molar-refractivity contribution < 1.29 is 28.7 Å². The van der Waals surface area contributed by atoms with Crippen LogP contribution in [0.5, 0.6) is 0 Å². The number of nitrogens with zero attached hydrogens (tertiary/aromatic N) is 2. The number of aryl methyl sites for hydroxylation is 1. The lowest BCUT2D eigenvalue weighted by atomic mass is 9.75. The number of rotatable bonds is 6. The molecule has 8 nitrogen and oxygen atoms in total. The van der Waals surface area contributed by atoms with E-state index in [9.17, 15) is 14.4 Å². The zero-order chi connectivity index (χ0) is 24.6. The zero-order valence-corrected chi connectivity index (χ0v) is 19.9. The minimum Gasteiger partial charge on any atom is -0.468 e. The molecule has 0 radical (unpaired) electrons. The molecule has 0 spiro atoms. The van der Waals surface area contributed by atoms with Crippen LogP contribution in [0.2, 0.25) is 0 Å². The Morgan fingerprint density at radius 3 is 2.18 bits per heavy atom. The second kappa shape index (κ2) is 8.95. The van der Waals surface area contributed by atoms with Crippen LogP contribution in [0.25, 0.3) is 10.9 Å². The van der Waals surface area contributed by atoms with Crippen LogP contribution >= 0.6 is 0 Å². The number of esters is 2. The van der Waals surface area contributed by atoms with Gasteiger partial charge in [-0.05, 0) is 31.0 Å². The molecular formula is C26H28N2O6. The summed E-state index contributed by atoms with van der Waals surface area (Å²) in [5, 5.41) is 2.03. The number of carbonyl (C=O) groups excluding carboxylic acids is 3. The van der Waals surface area contributed by atoms with Crippen molar-refractivity contribution in [1.82, 2.24) is 9.63 Å². The molecule has 2 aromatic carbocycles. The minimum absolute atomic E-state index is 0.0769. The molecule has 1 aliphatic rings. The van der Waals surface area contributed by atoms with Gasteiger partial charge in [0.05, 0.1) is 19.6 Å². The predicted octanol–water partition coefficient (Wildman–Crippen LogP) is 3.43. The van der Waals surface area contributed by atoms with Gasteiger partial charge in [0.25, 0.3) is 5.91 Å². The third-order valence-electron chi connectivity index (χ3n) is 6.48. The first-order chi connectivity index (χ1) is 16.2. The van der Waals surface area contributed by atoms with E-state index in [1.807, 2.05) is 80.1 Å². The highest BCUT2D eigenvalue weighted by Crippen LogP contribution is 2.48. The molecule has 8 heteroatoms. The summed E-state index contributed by atoms with van der Waals surface area (Å²) in [6.45, 7) is 3.72. The maximum Gasteiger partial charge on any atom is 0.322 e. The Kier molecular flexibility index (Phi) is 6.18. The van der Waals surface area contributed by atoms with Crippen LogP contribution in [0, 0.1) is 5.92 Å². The smallest absolute Gasteiger partial charge is 0.322 e. The van der Waals surface area contributed by atoms with E-state index in [2.05, 4.69) is 0 Å². The molecule has 1 unspecified atom stereocenters. The number of aromatic nitrogens is 1. The molecule has 2 heterocycles. The number of para-hydroxylation sites is 1. The summed E-state index contributed by atoms with van der Waals surface area (Å²) < 4.78 is 11.9. The van der Waals surface area contributed by atoms with Gasteiger partial charge >= 0.3 is 11.9 Å². The van der Waals surface area contributed by atoms with E-state index in [0.29, 0.717) is 5.69 Å². The largest absolute Gasteiger partial charge is 0.468 e. The zero-order valence-electron chi connectivity index (χ0n) is 19.9. The Morgan fingerprint density at radius 2 is 1.56 bits per heavy atom. The van der Waals surface area contributed by atoms with E-state index in [1.54, 1.807) is 0 Å². The molecule has 4 rings (SSSR count). The highest BCUT2D eigenvalue weighted by molar-refractivity contribution is 6.01. The van der Waals surface area contributed by atoms with E-state index >= 15 is 0 Å². The topological polar surface area (TPSA) is 87.1 Å². The van der Waals surface area contributed by atoms with E-state index in [1.165, 1.54) is 14.2 Å². The first-order valence-electron chi connectivity index (χ1n) is 11.0. The molecule has 3 aromatic rings. The predicted molar refractivity (Wildman–Crippen MR) is 124 cm³/mol. The van der Waals surface area contributed by atoms with Crippen molar-refractivity contribution in [3.8, 4) is 0 Å².